The highest BCUT2D eigenvalue weighted by Gasteiger charge is 2.13. The Morgan fingerprint density at radius 3 is 3.00 bits per heavy atom. The first kappa shape index (κ1) is 11.6. The van der Waals surface area contributed by atoms with E-state index >= 15 is 0 Å². The first-order chi connectivity index (χ1) is 7.75. The normalized spacial score (nSPS) is 23.0. The molecule has 88 valence electrons. The lowest BCUT2D eigenvalue weighted by atomic mass is 9.96. The Hall–Kier alpha value is -0.860. The van der Waals surface area contributed by atoms with E-state index in [9.17, 15) is 5.11 Å². The number of aliphatic hydroxyl groups excluding tert-OH is 1. The lowest BCUT2D eigenvalue weighted by molar-refractivity contribution is 0.199. The summed E-state index contributed by atoms with van der Waals surface area (Å²) in [5.41, 5.74) is 2.35. The molecule has 2 atom stereocenters. The fourth-order valence-electron chi connectivity index (χ4n) is 2.36. The van der Waals surface area contributed by atoms with Crippen LogP contribution in [0, 0.1) is 0 Å². The second-order valence-electron chi connectivity index (χ2n) is 4.77. The lowest BCUT2D eigenvalue weighted by Gasteiger charge is -2.23. The average molecular weight is 219 g/mol. The predicted octanol–water partition coefficient (Wildman–Crippen LogP) is 2.42. The minimum Gasteiger partial charge on any atom is -0.389 e. The first-order valence-corrected chi connectivity index (χ1v) is 6.26. The Bertz CT molecular complexity index is 329. The molecule has 1 fully saturated rings. The van der Waals surface area contributed by atoms with Gasteiger partial charge < -0.3 is 10.4 Å². The highest BCUT2D eigenvalue weighted by molar-refractivity contribution is 5.25. The smallest absolute Gasteiger partial charge is 0.0762 e. The van der Waals surface area contributed by atoms with Gasteiger partial charge in [0.1, 0.15) is 0 Å². The maximum atomic E-state index is 9.54. The Balaban J connectivity index is 2.00. The van der Waals surface area contributed by atoms with Crippen LogP contribution < -0.4 is 5.32 Å². The molecule has 1 aromatic carbocycles. The topological polar surface area (TPSA) is 32.3 Å². The maximum absolute atomic E-state index is 9.54. The molecule has 1 aliphatic rings. The second kappa shape index (κ2) is 5.46. The molecule has 2 rings (SSSR count). The Morgan fingerprint density at radius 1 is 1.44 bits per heavy atom. The van der Waals surface area contributed by atoms with Crippen LogP contribution in [0.1, 0.15) is 43.4 Å². The molecule has 0 aliphatic carbocycles. The highest BCUT2D eigenvalue weighted by Crippen LogP contribution is 2.17. The summed E-state index contributed by atoms with van der Waals surface area (Å²) in [6, 6.07) is 8.93. The van der Waals surface area contributed by atoms with Crippen LogP contribution in [0.5, 0.6) is 0 Å². The fourth-order valence-corrected chi connectivity index (χ4v) is 2.36. The van der Waals surface area contributed by atoms with Gasteiger partial charge in [0.25, 0.3) is 0 Å². The van der Waals surface area contributed by atoms with Crippen LogP contribution in [0.15, 0.2) is 24.3 Å². The highest BCUT2D eigenvalue weighted by atomic mass is 16.3. The number of rotatable bonds is 3. The molecular formula is C14H21NO. The molecule has 0 aromatic heterocycles. The molecule has 2 N–H and O–H groups in total. The van der Waals surface area contributed by atoms with E-state index in [1.165, 1.54) is 24.8 Å². The van der Waals surface area contributed by atoms with Crippen molar-refractivity contribution in [2.45, 2.75) is 44.8 Å². The van der Waals surface area contributed by atoms with Crippen molar-refractivity contribution < 1.29 is 5.11 Å². The van der Waals surface area contributed by atoms with E-state index in [1.54, 1.807) is 0 Å². The van der Waals surface area contributed by atoms with E-state index in [-0.39, 0.29) is 6.10 Å². The van der Waals surface area contributed by atoms with Gasteiger partial charge in [0.15, 0.2) is 0 Å². The van der Waals surface area contributed by atoms with Crippen LogP contribution >= 0.6 is 0 Å². The molecular weight excluding hydrogens is 198 g/mol. The van der Waals surface area contributed by atoms with Gasteiger partial charge in [-0.25, -0.2) is 0 Å². The number of benzene rings is 1. The van der Waals surface area contributed by atoms with Gasteiger partial charge in [-0.1, -0.05) is 30.7 Å². The van der Waals surface area contributed by atoms with Crippen LogP contribution in [0.2, 0.25) is 0 Å². The Labute approximate surface area is 97.7 Å². The molecule has 1 aliphatic heterocycles. The van der Waals surface area contributed by atoms with E-state index < -0.39 is 0 Å². The quantitative estimate of drug-likeness (QED) is 0.818. The summed E-state index contributed by atoms with van der Waals surface area (Å²) < 4.78 is 0. The monoisotopic (exact) mass is 219 g/mol. The molecule has 2 unspecified atom stereocenters. The molecule has 0 spiro atoms. The zero-order valence-electron chi connectivity index (χ0n) is 9.95. The van der Waals surface area contributed by atoms with E-state index in [2.05, 4.69) is 17.4 Å². The van der Waals surface area contributed by atoms with Gasteiger partial charge >= 0.3 is 0 Å². The SMILES string of the molecule is CC(O)c1cccc(CC2CCCCN2)c1. The summed E-state index contributed by atoms with van der Waals surface area (Å²) in [6.07, 6.45) is 4.65. The van der Waals surface area contributed by atoms with Gasteiger partial charge in [-0.05, 0) is 43.9 Å². The van der Waals surface area contributed by atoms with Gasteiger partial charge in [0, 0.05) is 6.04 Å². The molecule has 2 nitrogen and oxygen atoms in total. The molecule has 0 saturated carbocycles. The first-order valence-electron chi connectivity index (χ1n) is 6.26. The molecule has 1 saturated heterocycles. The van der Waals surface area contributed by atoms with Crippen LogP contribution in [-0.4, -0.2) is 17.7 Å². The maximum Gasteiger partial charge on any atom is 0.0762 e. The largest absolute Gasteiger partial charge is 0.389 e. The van der Waals surface area contributed by atoms with Gasteiger partial charge in [-0.3, -0.25) is 0 Å². The minimum absolute atomic E-state index is 0.362. The van der Waals surface area contributed by atoms with Crippen molar-refractivity contribution in [3.8, 4) is 0 Å². The van der Waals surface area contributed by atoms with Crippen molar-refractivity contribution in [2.24, 2.45) is 0 Å². The van der Waals surface area contributed by atoms with Crippen molar-refractivity contribution in [3.63, 3.8) is 0 Å². The number of hydrogen-bond donors (Lipinski definition) is 2. The fraction of sp³-hybridized carbons (Fsp3) is 0.571. The molecule has 0 amide bonds. The Kier molecular flexibility index (Phi) is 3.97. The lowest BCUT2D eigenvalue weighted by Crippen LogP contribution is -2.35. The second-order valence-corrected chi connectivity index (χ2v) is 4.77. The summed E-state index contributed by atoms with van der Waals surface area (Å²) in [5, 5.41) is 13.1. The zero-order valence-corrected chi connectivity index (χ0v) is 9.95. The van der Waals surface area contributed by atoms with Gasteiger partial charge in [-0.2, -0.15) is 0 Å². The van der Waals surface area contributed by atoms with Crippen molar-refractivity contribution in [3.05, 3.63) is 35.4 Å². The summed E-state index contributed by atoms with van der Waals surface area (Å²) in [5.74, 6) is 0. The van der Waals surface area contributed by atoms with E-state index in [0.717, 1.165) is 18.5 Å². The molecule has 0 radical (unpaired) electrons. The standard InChI is InChI=1S/C14H21NO/c1-11(16)13-6-4-5-12(9-13)10-14-7-2-3-8-15-14/h4-6,9,11,14-16H,2-3,7-8,10H2,1H3. The third kappa shape index (κ3) is 3.06. The van der Waals surface area contributed by atoms with Gasteiger partial charge in [-0.15, -0.1) is 0 Å². The Morgan fingerprint density at radius 2 is 2.31 bits per heavy atom. The summed E-state index contributed by atoms with van der Waals surface area (Å²) >= 11 is 0. The number of piperidine rings is 1. The molecule has 0 bridgehead atoms. The van der Waals surface area contributed by atoms with Crippen molar-refractivity contribution in [1.82, 2.24) is 5.32 Å². The predicted molar refractivity (Wildman–Crippen MR) is 66.4 cm³/mol. The molecule has 16 heavy (non-hydrogen) atoms. The zero-order chi connectivity index (χ0) is 11.4. The third-order valence-corrected chi connectivity index (χ3v) is 3.33. The number of hydrogen-bond acceptors (Lipinski definition) is 2. The number of nitrogens with one attached hydrogen (secondary N) is 1. The van der Waals surface area contributed by atoms with E-state index in [4.69, 9.17) is 0 Å². The molecule has 1 aromatic rings. The van der Waals surface area contributed by atoms with Gasteiger partial charge in [0.05, 0.1) is 6.10 Å². The summed E-state index contributed by atoms with van der Waals surface area (Å²) in [6.45, 7) is 2.97. The molecule has 1 heterocycles. The van der Waals surface area contributed by atoms with E-state index in [0.29, 0.717) is 6.04 Å². The summed E-state index contributed by atoms with van der Waals surface area (Å²) in [4.78, 5) is 0. The summed E-state index contributed by atoms with van der Waals surface area (Å²) in [7, 11) is 0. The van der Waals surface area contributed by atoms with Crippen molar-refractivity contribution in [2.75, 3.05) is 6.54 Å². The van der Waals surface area contributed by atoms with Gasteiger partial charge in [0.2, 0.25) is 0 Å². The number of aliphatic hydroxyl groups is 1. The van der Waals surface area contributed by atoms with Crippen LogP contribution in [0.3, 0.4) is 0 Å². The van der Waals surface area contributed by atoms with Crippen molar-refractivity contribution in [1.29, 1.82) is 0 Å². The average Bonchev–Trinajstić information content (AvgIpc) is 2.30. The van der Waals surface area contributed by atoms with Crippen LogP contribution in [-0.2, 0) is 6.42 Å². The van der Waals surface area contributed by atoms with E-state index in [1.807, 2.05) is 19.1 Å². The third-order valence-electron chi connectivity index (χ3n) is 3.33. The van der Waals surface area contributed by atoms with Crippen LogP contribution in [0.25, 0.3) is 0 Å². The minimum atomic E-state index is -0.362. The molecule has 2 heteroatoms. The van der Waals surface area contributed by atoms with Crippen LogP contribution in [0.4, 0.5) is 0 Å². The van der Waals surface area contributed by atoms with Crippen molar-refractivity contribution >= 4 is 0 Å².